The quantitative estimate of drug-likeness (QED) is 0.626. The Morgan fingerprint density at radius 3 is 2.43 bits per heavy atom. The summed E-state index contributed by atoms with van der Waals surface area (Å²) in [7, 11) is 0. The van der Waals surface area contributed by atoms with E-state index in [0.717, 1.165) is 15.0 Å². The Morgan fingerprint density at radius 2 is 1.77 bits per heavy atom. The Morgan fingerprint density at radius 1 is 1.10 bits per heavy atom. The van der Waals surface area contributed by atoms with Crippen LogP contribution >= 0.6 is 15.9 Å². The molecule has 0 aliphatic carbocycles. The lowest BCUT2D eigenvalue weighted by Gasteiger charge is -2.17. The Balaban J connectivity index is 1.47. The zero-order valence-corrected chi connectivity index (χ0v) is 17.8. The maximum Gasteiger partial charge on any atom is 0.311 e. The van der Waals surface area contributed by atoms with E-state index in [4.69, 9.17) is 4.74 Å². The lowest BCUT2D eigenvalue weighted by Crippen LogP contribution is -2.43. The first-order chi connectivity index (χ1) is 14.3. The summed E-state index contributed by atoms with van der Waals surface area (Å²) in [6.45, 7) is 1.43. The van der Waals surface area contributed by atoms with Crippen molar-refractivity contribution in [3.8, 4) is 0 Å². The van der Waals surface area contributed by atoms with Crippen molar-refractivity contribution < 1.29 is 23.9 Å². The summed E-state index contributed by atoms with van der Waals surface area (Å²) in [5, 5.41) is 3.72. The van der Waals surface area contributed by atoms with E-state index < -0.39 is 36.2 Å². The van der Waals surface area contributed by atoms with Gasteiger partial charge >= 0.3 is 5.97 Å². The lowest BCUT2D eigenvalue weighted by molar-refractivity contribution is -0.151. The van der Waals surface area contributed by atoms with E-state index in [-0.39, 0.29) is 13.0 Å². The van der Waals surface area contributed by atoms with Crippen molar-refractivity contribution >= 4 is 45.3 Å². The van der Waals surface area contributed by atoms with Crippen molar-refractivity contribution in [2.75, 3.05) is 18.5 Å². The fourth-order valence-electron chi connectivity index (χ4n) is 2.85. The number of nitrogens with one attached hydrogen (secondary N) is 2. The van der Waals surface area contributed by atoms with Gasteiger partial charge in [-0.1, -0.05) is 33.6 Å². The topological polar surface area (TPSA) is 105 Å². The van der Waals surface area contributed by atoms with Gasteiger partial charge in [-0.25, -0.2) is 0 Å². The minimum absolute atomic E-state index is 0.0103. The number of esters is 1. The molecule has 156 valence electrons. The van der Waals surface area contributed by atoms with E-state index in [9.17, 15) is 19.2 Å². The highest BCUT2D eigenvalue weighted by molar-refractivity contribution is 9.10. The number of rotatable bonds is 6. The van der Waals surface area contributed by atoms with Crippen LogP contribution in [0.2, 0.25) is 0 Å². The number of ether oxygens (including phenoxy) is 1. The number of amides is 3. The summed E-state index contributed by atoms with van der Waals surface area (Å²) in [4.78, 5) is 48.6. The van der Waals surface area contributed by atoms with Gasteiger partial charge < -0.3 is 10.1 Å². The molecule has 3 amide bonds. The van der Waals surface area contributed by atoms with Gasteiger partial charge in [0.15, 0.2) is 6.61 Å². The van der Waals surface area contributed by atoms with E-state index in [1.54, 1.807) is 48.5 Å². The molecule has 2 N–H and O–H groups in total. The SMILES string of the molecule is Cc1ccc(C(=O)NN2C[C@H](C(=O)OCC(=O)Nc3ccc(Br)cc3)CC2=O)cc1. The van der Waals surface area contributed by atoms with Crippen LogP contribution < -0.4 is 10.7 Å². The first-order valence-electron chi connectivity index (χ1n) is 9.22. The summed E-state index contributed by atoms with van der Waals surface area (Å²) in [6, 6.07) is 13.8. The minimum Gasteiger partial charge on any atom is -0.455 e. The molecule has 1 heterocycles. The van der Waals surface area contributed by atoms with Crippen molar-refractivity contribution in [2.45, 2.75) is 13.3 Å². The summed E-state index contributed by atoms with van der Waals surface area (Å²) >= 11 is 3.30. The molecule has 1 atom stereocenters. The minimum atomic E-state index is -0.753. The second kappa shape index (κ2) is 9.53. The summed E-state index contributed by atoms with van der Waals surface area (Å²) < 4.78 is 5.90. The molecule has 1 fully saturated rings. The third-order valence-electron chi connectivity index (χ3n) is 4.48. The Labute approximate surface area is 181 Å². The second-order valence-corrected chi connectivity index (χ2v) is 7.79. The van der Waals surface area contributed by atoms with E-state index in [1.807, 2.05) is 6.92 Å². The smallest absolute Gasteiger partial charge is 0.311 e. The van der Waals surface area contributed by atoms with Crippen LogP contribution in [0.15, 0.2) is 53.0 Å². The van der Waals surface area contributed by atoms with Gasteiger partial charge in [0, 0.05) is 22.1 Å². The largest absolute Gasteiger partial charge is 0.455 e. The number of anilines is 1. The van der Waals surface area contributed by atoms with Crippen LogP contribution in [0, 0.1) is 12.8 Å². The third kappa shape index (κ3) is 5.66. The fourth-order valence-corrected chi connectivity index (χ4v) is 3.11. The van der Waals surface area contributed by atoms with Crippen LogP contribution in [0.5, 0.6) is 0 Å². The molecule has 1 aliphatic heterocycles. The second-order valence-electron chi connectivity index (χ2n) is 6.88. The molecular weight excluding hydrogens is 454 g/mol. The van der Waals surface area contributed by atoms with Gasteiger partial charge in [0.1, 0.15) is 0 Å². The van der Waals surface area contributed by atoms with Crippen molar-refractivity contribution in [3.63, 3.8) is 0 Å². The van der Waals surface area contributed by atoms with E-state index in [0.29, 0.717) is 11.3 Å². The average molecular weight is 474 g/mol. The Bertz CT molecular complexity index is 960. The summed E-state index contributed by atoms with van der Waals surface area (Å²) in [6.07, 6.45) is -0.0959. The van der Waals surface area contributed by atoms with Crippen LogP contribution in [0.1, 0.15) is 22.3 Å². The highest BCUT2D eigenvalue weighted by Gasteiger charge is 2.36. The molecule has 30 heavy (non-hydrogen) atoms. The van der Waals surface area contributed by atoms with Crippen LogP contribution in [0.25, 0.3) is 0 Å². The first-order valence-corrected chi connectivity index (χ1v) is 10.0. The standard InChI is InChI=1S/C21H20BrN3O5/c1-13-2-4-14(5-3-13)20(28)24-25-11-15(10-19(25)27)21(29)30-12-18(26)23-17-8-6-16(22)7-9-17/h2-9,15H,10-12H2,1H3,(H,23,26)(H,24,28)/t15-/m1/s1. The van der Waals surface area contributed by atoms with Gasteiger partial charge in [-0.2, -0.15) is 0 Å². The highest BCUT2D eigenvalue weighted by Crippen LogP contribution is 2.18. The number of hydrogen-bond acceptors (Lipinski definition) is 5. The van der Waals surface area contributed by atoms with Crippen molar-refractivity contribution in [3.05, 3.63) is 64.1 Å². The van der Waals surface area contributed by atoms with E-state index in [1.165, 1.54) is 0 Å². The summed E-state index contributed by atoms with van der Waals surface area (Å²) in [5.74, 6) is -2.74. The van der Waals surface area contributed by atoms with Gasteiger partial charge in [-0.15, -0.1) is 0 Å². The van der Waals surface area contributed by atoms with Crippen LogP contribution in [-0.2, 0) is 19.1 Å². The third-order valence-corrected chi connectivity index (χ3v) is 5.01. The van der Waals surface area contributed by atoms with Gasteiger partial charge in [-0.3, -0.25) is 29.6 Å². The highest BCUT2D eigenvalue weighted by atomic mass is 79.9. The molecule has 0 radical (unpaired) electrons. The van der Waals surface area contributed by atoms with Crippen molar-refractivity contribution in [2.24, 2.45) is 5.92 Å². The van der Waals surface area contributed by atoms with E-state index >= 15 is 0 Å². The Hall–Kier alpha value is -3.20. The van der Waals surface area contributed by atoms with Gasteiger partial charge in [-0.05, 0) is 43.3 Å². The van der Waals surface area contributed by atoms with Crippen molar-refractivity contribution in [1.29, 1.82) is 0 Å². The number of halogens is 1. The number of aryl methyl sites for hydroxylation is 1. The molecule has 1 saturated heterocycles. The lowest BCUT2D eigenvalue weighted by atomic mass is 10.1. The predicted molar refractivity (Wildman–Crippen MR) is 112 cm³/mol. The fraction of sp³-hybridized carbons (Fsp3) is 0.238. The zero-order valence-electron chi connectivity index (χ0n) is 16.2. The van der Waals surface area contributed by atoms with Gasteiger partial charge in [0.25, 0.3) is 11.8 Å². The molecule has 0 unspecified atom stereocenters. The maximum absolute atomic E-state index is 12.3. The normalized spacial score (nSPS) is 15.6. The molecule has 9 heteroatoms. The first kappa shape index (κ1) is 21.5. The van der Waals surface area contributed by atoms with Crippen LogP contribution in [-0.4, -0.2) is 41.9 Å². The molecule has 0 aromatic heterocycles. The number of carbonyl (C=O) groups is 4. The predicted octanol–water partition coefficient (Wildman–Crippen LogP) is 2.43. The summed E-state index contributed by atoms with van der Waals surface area (Å²) in [5.41, 5.74) is 4.49. The number of carbonyl (C=O) groups excluding carboxylic acids is 4. The number of hydrogen-bond donors (Lipinski definition) is 2. The molecule has 0 spiro atoms. The van der Waals surface area contributed by atoms with Gasteiger partial charge in [0.2, 0.25) is 5.91 Å². The van der Waals surface area contributed by atoms with Gasteiger partial charge in [0.05, 0.1) is 12.5 Å². The zero-order chi connectivity index (χ0) is 21.7. The number of benzene rings is 2. The number of nitrogens with zero attached hydrogens (tertiary/aromatic N) is 1. The maximum atomic E-state index is 12.3. The molecule has 0 bridgehead atoms. The molecular formula is C21H20BrN3O5. The monoisotopic (exact) mass is 473 g/mol. The van der Waals surface area contributed by atoms with Crippen molar-refractivity contribution in [1.82, 2.24) is 10.4 Å². The molecule has 8 nitrogen and oxygen atoms in total. The molecule has 2 aromatic carbocycles. The Kier molecular flexibility index (Phi) is 6.83. The number of hydrazine groups is 1. The average Bonchev–Trinajstić information content (AvgIpc) is 3.09. The molecule has 3 rings (SSSR count). The molecule has 1 aliphatic rings. The van der Waals surface area contributed by atoms with Crippen LogP contribution in [0.4, 0.5) is 5.69 Å². The van der Waals surface area contributed by atoms with E-state index in [2.05, 4.69) is 26.7 Å². The molecule has 0 saturated carbocycles. The molecule has 2 aromatic rings. The van der Waals surface area contributed by atoms with Crippen LogP contribution in [0.3, 0.4) is 0 Å².